The lowest BCUT2D eigenvalue weighted by Gasteiger charge is -2.13. The summed E-state index contributed by atoms with van der Waals surface area (Å²) in [6.45, 7) is 8.35. The van der Waals surface area contributed by atoms with Crippen molar-refractivity contribution in [2.75, 3.05) is 13.2 Å². The highest BCUT2D eigenvalue weighted by atomic mass is 35.5. The number of ether oxygens (including phenoxy) is 1. The molecule has 0 saturated carbocycles. The molecule has 0 aliphatic rings. The lowest BCUT2D eigenvalue weighted by Crippen LogP contribution is -2.13. The smallest absolute Gasteiger partial charge is 0.251 e. The number of benzene rings is 1. The Bertz CT molecular complexity index is 720. The van der Waals surface area contributed by atoms with Gasteiger partial charge in [-0.15, -0.1) is 0 Å². The second kappa shape index (κ2) is 9.07. The number of nitrogens with zero attached hydrogens (tertiary/aromatic N) is 1. The number of aromatic nitrogens is 1. The average Bonchev–Trinajstić information content (AvgIpc) is 2.85. The Morgan fingerprint density at radius 1 is 1.24 bits per heavy atom. The molecule has 136 valence electrons. The summed E-state index contributed by atoms with van der Waals surface area (Å²) in [5, 5.41) is 0.675. The molecule has 0 radical (unpaired) electrons. The fourth-order valence-corrected chi connectivity index (χ4v) is 3.42. The number of carbonyl (C=O) groups excluding carboxylic acids is 1. The molecule has 2 aromatic rings. The van der Waals surface area contributed by atoms with Crippen LogP contribution in [0.4, 0.5) is 0 Å². The highest BCUT2D eigenvalue weighted by Crippen LogP contribution is 2.34. The molecule has 5 heteroatoms. The van der Waals surface area contributed by atoms with Crippen LogP contribution in [0.5, 0.6) is 0 Å². The maximum Gasteiger partial charge on any atom is 0.251 e. The molecule has 1 amide bonds. The maximum absolute atomic E-state index is 12.2. The summed E-state index contributed by atoms with van der Waals surface area (Å²) in [4.78, 5) is 12.2. The Hall–Kier alpha value is -1.78. The molecule has 0 fully saturated rings. The van der Waals surface area contributed by atoms with Crippen molar-refractivity contribution >= 4 is 17.5 Å². The SMILES string of the molecule is CCCc1c(-c2ccc(Cl)cc2)c(C(N)=O)c(C)n1CCCOCC. The number of nitrogens with two attached hydrogens (primary N) is 1. The van der Waals surface area contributed by atoms with Gasteiger partial charge in [0.15, 0.2) is 0 Å². The van der Waals surface area contributed by atoms with E-state index in [1.165, 1.54) is 0 Å². The number of hydrogen-bond acceptors (Lipinski definition) is 2. The largest absolute Gasteiger partial charge is 0.382 e. The summed E-state index contributed by atoms with van der Waals surface area (Å²) in [7, 11) is 0. The van der Waals surface area contributed by atoms with Crippen molar-refractivity contribution in [2.24, 2.45) is 5.73 Å². The Labute approximate surface area is 154 Å². The molecule has 0 aliphatic carbocycles. The fraction of sp³-hybridized carbons (Fsp3) is 0.450. The van der Waals surface area contributed by atoms with E-state index in [9.17, 15) is 4.79 Å². The lowest BCUT2D eigenvalue weighted by atomic mass is 9.98. The van der Waals surface area contributed by atoms with E-state index in [4.69, 9.17) is 22.1 Å². The van der Waals surface area contributed by atoms with E-state index >= 15 is 0 Å². The van der Waals surface area contributed by atoms with Crippen LogP contribution in [0.25, 0.3) is 11.1 Å². The van der Waals surface area contributed by atoms with Crippen LogP contribution in [-0.2, 0) is 17.7 Å². The first-order valence-electron chi connectivity index (χ1n) is 8.86. The van der Waals surface area contributed by atoms with Crippen LogP contribution in [0.15, 0.2) is 24.3 Å². The summed E-state index contributed by atoms with van der Waals surface area (Å²) >= 11 is 6.03. The van der Waals surface area contributed by atoms with Crippen LogP contribution in [0.2, 0.25) is 5.02 Å². The molecule has 1 heterocycles. The fourth-order valence-electron chi connectivity index (χ4n) is 3.30. The van der Waals surface area contributed by atoms with Gasteiger partial charge in [-0.25, -0.2) is 0 Å². The zero-order chi connectivity index (χ0) is 18.4. The minimum absolute atomic E-state index is 0.386. The van der Waals surface area contributed by atoms with Gasteiger partial charge in [0.2, 0.25) is 0 Å². The lowest BCUT2D eigenvalue weighted by molar-refractivity contribution is 0.1000. The van der Waals surface area contributed by atoms with Crippen LogP contribution in [-0.4, -0.2) is 23.7 Å². The van der Waals surface area contributed by atoms with Crippen LogP contribution in [0.1, 0.15) is 48.4 Å². The third kappa shape index (κ3) is 4.44. The van der Waals surface area contributed by atoms with Gasteiger partial charge in [0.1, 0.15) is 0 Å². The van der Waals surface area contributed by atoms with E-state index in [-0.39, 0.29) is 5.91 Å². The van der Waals surface area contributed by atoms with Gasteiger partial charge in [-0.05, 0) is 44.4 Å². The predicted octanol–water partition coefficient (Wildman–Crippen LogP) is 4.59. The van der Waals surface area contributed by atoms with Gasteiger partial charge in [-0.3, -0.25) is 4.79 Å². The van der Waals surface area contributed by atoms with Crippen molar-refractivity contribution in [3.05, 3.63) is 46.2 Å². The molecule has 0 aliphatic heterocycles. The molecule has 2 N–H and O–H groups in total. The molecular formula is C20H27ClN2O2. The molecule has 0 saturated heterocycles. The minimum atomic E-state index is -0.386. The Balaban J connectivity index is 2.54. The monoisotopic (exact) mass is 362 g/mol. The number of primary amides is 1. The van der Waals surface area contributed by atoms with E-state index in [0.717, 1.165) is 54.9 Å². The van der Waals surface area contributed by atoms with Gasteiger partial charge >= 0.3 is 0 Å². The van der Waals surface area contributed by atoms with Crippen LogP contribution in [0, 0.1) is 6.92 Å². The van der Waals surface area contributed by atoms with Crippen LogP contribution in [0.3, 0.4) is 0 Å². The minimum Gasteiger partial charge on any atom is -0.382 e. The molecule has 0 atom stereocenters. The topological polar surface area (TPSA) is 57.2 Å². The first kappa shape index (κ1) is 19.5. The van der Waals surface area contributed by atoms with Crippen molar-refractivity contribution in [3.63, 3.8) is 0 Å². The first-order valence-corrected chi connectivity index (χ1v) is 9.24. The molecule has 0 unspecified atom stereocenters. The number of hydrogen-bond donors (Lipinski definition) is 1. The second-order valence-electron chi connectivity index (χ2n) is 6.11. The first-order chi connectivity index (χ1) is 12.0. The molecule has 2 rings (SSSR count). The van der Waals surface area contributed by atoms with Crippen molar-refractivity contribution in [2.45, 2.75) is 46.6 Å². The molecule has 25 heavy (non-hydrogen) atoms. The molecule has 0 spiro atoms. The normalized spacial score (nSPS) is 11.0. The van der Waals surface area contributed by atoms with Crippen LogP contribution >= 0.6 is 11.6 Å². The second-order valence-corrected chi connectivity index (χ2v) is 6.54. The van der Waals surface area contributed by atoms with E-state index in [1.807, 2.05) is 38.1 Å². The van der Waals surface area contributed by atoms with Crippen molar-refractivity contribution in [3.8, 4) is 11.1 Å². The van der Waals surface area contributed by atoms with Gasteiger partial charge < -0.3 is 15.0 Å². The molecular weight excluding hydrogens is 336 g/mol. The van der Waals surface area contributed by atoms with Gasteiger partial charge in [0.05, 0.1) is 5.56 Å². The summed E-state index contributed by atoms with van der Waals surface area (Å²) in [5.74, 6) is -0.386. The Kier molecular flexibility index (Phi) is 7.09. The molecule has 1 aromatic carbocycles. The highest BCUT2D eigenvalue weighted by molar-refractivity contribution is 6.30. The van der Waals surface area contributed by atoms with Gasteiger partial charge in [-0.1, -0.05) is 37.1 Å². The quantitative estimate of drug-likeness (QED) is 0.663. The molecule has 0 bridgehead atoms. The predicted molar refractivity (Wildman–Crippen MR) is 103 cm³/mol. The van der Waals surface area contributed by atoms with E-state index in [2.05, 4.69) is 11.5 Å². The summed E-state index contributed by atoms with van der Waals surface area (Å²) in [6, 6.07) is 7.60. The number of halogens is 1. The zero-order valence-corrected chi connectivity index (χ0v) is 16.0. The number of amides is 1. The Morgan fingerprint density at radius 2 is 1.92 bits per heavy atom. The van der Waals surface area contributed by atoms with Crippen LogP contribution < -0.4 is 5.73 Å². The maximum atomic E-state index is 12.2. The third-order valence-electron chi connectivity index (χ3n) is 4.37. The summed E-state index contributed by atoms with van der Waals surface area (Å²) < 4.78 is 7.69. The summed E-state index contributed by atoms with van der Waals surface area (Å²) in [6.07, 6.45) is 2.78. The number of rotatable bonds is 9. The van der Waals surface area contributed by atoms with Gasteiger partial charge in [0, 0.05) is 41.7 Å². The van der Waals surface area contributed by atoms with Crippen molar-refractivity contribution < 1.29 is 9.53 Å². The average molecular weight is 363 g/mol. The zero-order valence-electron chi connectivity index (χ0n) is 15.3. The van der Waals surface area contributed by atoms with Crippen molar-refractivity contribution in [1.29, 1.82) is 0 Å². The van der Waals surface area contributed by atoms with E-state index in [1.54, 1.807) is 0 Å². The molecule has 1 aromatic heterocycles. The summed E-state index contributed by atoms with van der Waals surface area (Å²) in [5.41, 5.74) is 10.4. The van der Waals surface area contributed by atoms with Crippen molar-refractivity contribution in [1.82, 2.24) is 4.57 Å². The van der Waals surface area contributed by atoms with E-state index < -0.39 is 0 Å². The van der Waals surface area contributed by atoms with E-state index in [0.29, 0.717) is 17.2 Å². The third-order valence-corrected chi connectivity index (χ3v) is 4.62. The molecule has 4 nitrogen and oxygen atoms in total. The van der Waals surface area contributed by atoms with Gasteiger partial charge in [0.25, 0.3) is 5.91 Å². The number of carbonyl (C=O) groups is 1. The highest BCUT2D eigenvalue weighted by Gasteiger charge is 2.24. The standard InChI is InChI=1S/C20H27ClN2O2/c1-4-7-17-19(15-8-10-16(21)11-9-15)18(20(22)24)14(3)23(17)12-6-13-25-5-2/h8-11H,4-7,12-13H2,1-3H3,(H2,22,24). The Morgan fingerprint density at radius 3 is 2.48 bits per heavy atom. The van der Waals surface area contributed by atoms with Gasteiger partial charge in [-0.2, -0.15) is 0 Å².